The maximum Gasteiger partial charge on any atom is 0.149 e. The van der Waals surface area contributed by atoms with Gasteiger partial charge in [0.05, 0.1) is 9.79 Å². The molecule has 0 bridgehead atoms. The Hall–Kier alpha value is -3.67. The van der Waals surface area contributed by atoms with E-state index in [1.165, 1.54) is 52.7 Å². The lowest BCUT2D eigenvalue weighted by Crippen LogP contribution is -2.26. The highest BCUT2D eigenvalue weighted by Crippen LogP contribution is 2.52. The number of benzene rings is 6. The first-order valence-corrected chi connectivity index (χ1v) is 17.6. The quantitative estimate of drug-likeness (QED) is 0.170. The normalized spacial score (nSPS) is 11.5. The van der Waals surface area contributed by atoms with Crippen molar-refractivity contribution in [3.63, 3.8) is 0 Å². The number of fused-ring (bicyclic) bond motifs is 2. The summed E-state index contributed by atoms with van der Waals surface area (Å²) in [5, 5.41) is 7.84. The van der Waals surface area contributed by atoms with Gasteiger partial charge in [0.15, 0.2) is 0 Å². The van der Waals surface area contributed by atoms with E-state index in [1.54, 1.807) is 0 Å². The van der Waals surface area contributed by atoms with E-state index in [4.69, 9.17) is 4.74 Å². The summed E-state index contributed by atoms with van der Waals surface area (Å²) in [7, 11) is -1.64. The number of ether oxygens (including phenoxy) is 1. The van der Waals surface area contributed by atoms with Gasteiger partial charge in [-0.3, -0.25) is 0 Å². The van der Waals surface area contributed by atoms with Crippen LogP contribution in [0.2, 0.25) is 0 Å². The zero-order valence-corrected chi connectivity index (χ0v) is 26.2. The maximum absolute atomic E-state index is 7.21. The monoisotopic (exact) mass is 628 g/mol. The SMILES string of the molecule is C.C.Cc1cc2c(c(P(c3ccccc3)c3ccccc3)c1)Oc1c(cc(C)cc1P(c1ccccc1)c1ccccc1)S2. The van der Waals surface area contributed by atoms with E-state index < -0.39 is 15.8 Å². The van der Waals surface area contributed by atoms with Crippen LogP contribution >= 0.6 is 27.6 Å². The van der Waals surface area contributed by atoms with Crippen LogP contribution in [0.3, 0.4) is 0 Å². The van der Waals surface area contributed by atoms with E-state index in [2.05, 4.69) is 159 Å². The standard InChI is InChI=1S/C38H30OP2S.2CH4/c1-27-23-33(40(29-15-7-3-8-16-29)30-17-9-4-10-18-30)37-35(25-27)42-36-26-28(2)24-34(38(36)39-37)41(31-19-11-5-12-20-31)32-21-13-6-14-22-32;;/h3-26H,1-2H3;2*1H4. The average Bonchev–Trinajstić information content (AvgIpc) is 3.02. The Kier molecular flexibility index (Phi) is 10.1. The first kappa shape index (κ1) is 31.7. The second kappa shape index (κ2) is 14.0. The van der Waals surface area contributed by atoms with Gasteiger partial charge in [-0.2, -0.15) is 0 Å². The van der Waals surface area contributed by atoms with Crippen molar-refractivity contribution < 1.29 is 4.74 Å². The predicted molar refractivity (Wildman–Crippen MR) is 197 cm³/mol. The number of hydrogen-bond donors (Lipinski definition) is 0. The topological polar surface area (TPSA) is 9.23 Å². The fourth-order valence-electron chi connectivity index (χ4n) is 5.52. The third kappa shape index (κ3) is 6.27. The van der Waals surface area contributed by atoms with Gasteiger partial charge in [-0.05, 0) is 86.3 Å². The van der Waals surface area contributed by atoms with Gasteiger partial charge in [-0.1, -0.05) is 148 Å². The molecule has 0 aromatic heterocycles. The molecule has 0 amide bonds. The minimum atomic E-state index is -0.818. The second-order valence-electron chi connectivity index (χ2n) is 10.4. The van der Waals surface area contributed by atoms with Crippen molar-refractivity contribution in [3.05, 3.63) is 157 Å². The molecule has 6 aromatic carbocycles. The van der Waals surface area contributed by atoms with Gasteiger partial charge in [0.25, 0.3) is 0 Å². The molecule has 0 spiro atoms. The van der Waals surface area contributed by atoms with E-state index in [0.717, 1.165) is 11.5 Å². The van der Waals surface area contributed by atoms with Crippen molar-refractivity contribution in [3.8, 4) is 11.5 Å². The highest BCUT2D eigenvalue weighted by atomic mass is 32.2. The highest BCUT2D eigenvalue weighted by Gasteiger charge is 2.31. The zero-order chi connectivity index (χ0) is 28.5. The fraction of sp³-hybridized carbons (Fsp3) is 0.100. The summed E-state index contributed by atoms with van der Waals surface area (Å²) in [5.41, 5.74) is 2.51. The Balaban J connectivity index is 0.00000192. The van der Waals surface area contributed by atoms with Gasteiger partial charge in [0.1, 0.15) is 11.5 Å². The van der Waals surface area contributed by atoms with Gasteiger partial charge in [0, 0.05) is 10.6 Å². The molecule has 4 heteroatoms. The maximum atomic E-state index is 7.21. The molecular formula is C40H38OP2S. The molecule has 0 saturated heterocycles. The molecule has 0 saturated carbocycles. The Morgan fingerprint density at radius 2 is 0.727 bits per heavy atom. The fourth-order valence-corrected chi connectivity index (χ4v) is 11.9. The summed E-state index contributed by atoms with van der Waals surface area (Å²) in [5.74, 6) is 2.00. The molecule has 0 N–H and O–H groups in total. The van der Waals surface area contributed by atoms with E-state index in [-0.39, 0.29) is 14.9 Å². The lowest BCUT2D eigenvalue weighted by molar-refractivity contribution is 0.462. The predicted octanol–water partition coefficient (Wildman–Crippen LogP) is 9.35. The smallest absolute Gasteiger partial charge is 0.149 e. The third-order valence-corrected chi connectivity index (χ3v) is 13.3. The van der Waals surface area contributed by atoms with Crippen LogP contribution in [0, 0.1) is 13.8 Å². The van der Waals surface area contributed by atoms with Crippen LogP contribution < -0.4 is 36.6 Å². The number of aryl methyl sites for hydroxylation is 2. The lowest BCUT2D eigenvalue weighted by atomic mass is 10.2. The Morgan fingerprint density at radius 3 is 1.02 bits per heavy atom. The van der Waals surface area contributed by atoms with Crippen molar-refractivity contribution in [2.45, 2.75) is 38.5 Å². The summed E-state index contributed by atoms with van der Waals surface area (Å²) in [6, 6.07) is 52.9. The van der Waals surface area contributed by atoms with Crippen molar-refractivity contribution in [2.75, 3.05) is 0 Å². The first-order chi connectivity index (χ1) is 20.7. The van der Waals surface area contributed by atoms with Crippen molar-refractivity contribution in [1.29, 1.82) is 0 Å². The third-order valence-electron chi connectivity index (χ3n) is 7.32. The molecule has 7 rings (SSSR count). The minimum absolute atomic E-state index is 0. The van der Waals surface area contributed by atoms with Crippen LogP contribution in [0.15, 0.2) is 155 Å². The molecule has 0 atom stereocenters. The van der Waals surface area contributed by atoms with Crippen molar-refractivity contribution >= 4 is 59.4 Å². The molecule has 1 nitrogen and oxygen atoms in total. The van der Waals surface area contributed by atoms with E-state index in [1.807, 2.05) is 11.8 Å². The summed E-state index contributed by atoms with van der Waals surface area (Å²) in [6.07, 6.45) is 0. The molecule has 1 aliphatic heterocycles. The van der Waals surface area contributed by atoms with Crippen molar-refractivity contribution in [2.24, 2.45) is 0 Å². The van der Waals surface area contributed by atoms with Gasteiger partial charge >= 0.3 is 0 Å². The molecule has 0 radical (unpaired) electrons. The van der Waals surface area contributed by atoms with E-state index in [9.17, 15) is 0 Å². The molecule has 1 aliphatic rings. The summed E-state index contributed by atoms with van der Waals surface area (Å²) >= 11 is 1.85. The van der Waals surface area contributed by atoms with Gasteiger partial charge in [-0.15, -0.1) is 0 Å². The van der Waals surface area contributed by atoms with Crippen LogP contribution in [0.1, 0.15) is 26.0 Å². The highest BCUT2D eigenvalue weighted by molar-refractivity contribution is 7.99. The van der Waals surface area contributed by atoms with Crippen LogP contribution in [-0.2, 0) is 0 Å². The van der Waals surface area contributed by atoms with Gasteiger partial charge in [0.2, 0.25) is 0 Å². The first-order valence-electron chi connectivity index (χ1n) is 14.1. The van der Waals surface area contributed by atoms with E-state index in [0.29, 0.717) is 0 Å². The Morgan fingerprint density at radius 1 is 0.432 bits per heavy atom. The molecule has 44 heavy (non-hydrogen) atoms. The van der Waals surface area contributed by atoms with Gasteiger partial charge < -0.3 is 4.74 Å². The van der Waals surface area contributed by atoms with Crippen molar-refractivity contribution in [1.82, 2.24) is 0 Å². The molecule has 1 heterocycles. The van der Waals surface area contributed by atoms with Crippen LogP contribution in [-0.4, -0.2) is 0 Å². The van der Waals surface area contributed by atoms with Crippen LogP contribution in [0.4, 0.5) is 0 Å². The van der Waals surface area contributed by atoms with Crippen LogP contribution in [0.5, 0.6) is 11.5 Å². The zero-order valence-electron chi connectivity index (χ0n) is 23.6. The minimum Gasteiger partial charge on any atom is -0.454 e. The Bertz CT molecular complexity index is 1630. The molecule has 0 unspecified atom stereocenters. The summed E-state index contributed by atoms with van der Waals surface area (Å²) in [4.78, 5) is 2.38. The molecule has 6 aromatic rings. The largest absolute Gasteiger partial charge is 0.454 e. The average molecular weight is 629 g/mol. The summed E-state index contributed by atoms with van der Waals surface area (Å²) < 4.78 is 7.21. The molecular weight excluding hydrogens is 590 g/mol. The lowest BCUT2D eigenvalue weighted by Gasteiger charge is -2.30. The molecule has 0 fully saturated rings. The number of rotatable bonds is 6. The van der Waals surface area contributed by atoms with E-state index >= 15 is 0 Å². The van der Waals surface area contributed by atoms with Crippen LogP contribution in [0.25, 0.3) is 0 Å². The molecule has 0 aliphatic carbocycles. The summed E-state index contributed by atoms with van der Waals surface area (Å²) in [6.45, 7) is 4.41. The molecule has 220 valence electrons. The second-order valence-corrected chi connectivity index (χ2v) is 15.9. The Labute approximate surface area is 269 Å². The van der Waals surface area contributed by atoms with Gasteiger partial charge in [-0.25, -0.2) is 0 Å². The number of hydrogen-bond acceptors (Lipinski definition) is 2.